The van der Waals surface area contributed by atoms with Gasteiger partial charge < -0.3 is 15.8 Å². The van der Waals surface area contributed by atoms with Crippen LogP contribution in [-0.2, 0) is 17.9 Å². The second kappa shape index (κ2) is 9.44. The fourth-order valence-corrected chi connectivity index (χ4v) is 2.14. The van der Waals surface area contributed by atoms with Crippen molar-refractivity contribution in [1.82, 2.24) is 5.32 Å². The van der Waals surface area contributed by atoms with Crippen molar-refractivity contribution >= 4 is 18.3 Å². The smallest absolute Gasteiger partial charge is 0.237 e. The summed E-state index contributed by atoms with van der Waals surface area (Å²) < 4.78 is 5.75. The fourth-order valence-electron chi connectivity index (χ4n) is 2.14. The van der Waals surface area contributed by atoms with Crippen LogP contribution in [0.2, 0.25) is 0 Å². The van der Waals surface area contributed by atoms with Crippen LogP contribution in [0.4, 0.5) is 0 Å². The molecule has 0 aliphatic heterocycles. The van der Waals surface area contributed by atoms with E-state index in [1.165, 1.54) is 0 Å². The number of halogens is 1. The van der Waals surface area contributed by atoms with E-state index in [1.54, 1.807) is 0 Å². The molecule has 0 aromatic heterocycles. The average Bonchev–Trinajstić information content (AvgIpc) is 2.58. The van der Waals surface area contributed by atoms with Crippen molar-refractivity contribution in [1.29, 1.82) is 0 Å². The summed E-state index contributed by atoms with van der Waals surface area (Å²) in [6.07, 6.45) is 0. The van der Waals surface area contributed by atoms with E-state index in [0.29, 0.717) is 13.2 Å². The molecule has 0 aliphatic carbocycles. The Kier molecular flexibility index (Phi) is 7.94. The van der Waals surface area contributed by atoms with Crippen molar-refractivity contribution in [3.8, 4) is 5.75 Å². The molecule has 5 heteroatoms. The van der Waals surface area contributed by atoms with Crippen molar-refractivity contribution in [2.45, 2.75) is 40.0 Å². The van der Waals surface area contributed by atoms with Crippen LogP contribution in [0, 0.1) is 5.41 Å². The first-order valence-electron chi connectivity index (χ1n) is 8.15. The largest absolute Gasteiger partial charge is 0.489 e. The van der Waals surface area contributed by atoms with E-state index in [9.17, 15) is 4.79 Å². The number of nitrogens with one attached hydrogen (secondary N) is 1. The quantitative estimate of drug-likeness (QED) is 0.823. The summed E-state index contributed by atoms with van der Waals surface area (Å²) in [7, 11) is 0. The molecule has 2 aromatic carbocycles. The third-order valence-corrected chi connectivity index (χ3v) is 3.85. The molecule has 4 nitrogen and oxygen atoms in total. The summed E-state index contributed by atoms with van der Waals surface area (Å²) in [5, 5.41) is 2.88. The molecule has 0 unspecified atom stereocenters. The number of hydrogen-bond acceptors (Lipinski definition) is 3. The van der Waals surface area contributed by atoms with Gasteiger partial charge in [-0.1, -0.05) is 63.2 Å². The van der Waals surface area contributed by atoms with Gasteiger partial charge in [-0.15, -0.1) is 12.4 Å². The van der Waals surface area contributed by atoms with Gasteiger partial charge in [-0.05, 0) is 28.7 Å². The first-order chi connectivity index (χ1) is 11.4. The lowest BCUT2D eigenvalue weighted by Gasteiger charge is -2.25. The summed E-state index contributed by atoms with van der Waals surface area (Å²) >= 11 is 0. The Morgan fingerprint density at radius 2 is 1.64 bits per heavy atom. The van der Waals surface area contributed by atoms with Gasteiger partial charge in [0, 0.05) is 6.54 Å². The number of nitrogens with two attached hydrogens (primary N) is 1. The summed E-state index contributed by atoms with van der Waals surface area (Å²) in [5.41, 5.74) is 7.83. The molecule has 2 rings (SSSR count). The van der Waals surface area contributed by atoms with Crippen LogP contribution in [0.1, 0.15) is 31.9 Å². The molecule has 136 valence electrons. The Morgan fingerprint density at radius 1 is 1.04 bits per heavy atom. The fraction of sp³-hybridized carbons (Fsp3) is 0.350. The summed E-state index contributed by atoms with van der Waals surface area (Å²) in [6.45, 7) is 6.86. The monoisotopic (exact) mass is 362 g/mol. The Balaban J connectivity index is 0.00000312. The van der Waals surface area contributed by atoms with Gasteiger partial charge in [0.2, 0.25) is 5.91 Å². The number of hydrogen-bond donors (Lipinski definition) is 2. The van der Waals surface area contributed by atoms with E-state index < -0.39 is 6.04 Å². The molecule has 3 N–H and O–H groups in total. The van der Waals surface area contributed by atoms with Crippen molar-refractivity contribution in [2.75, 3.05) is 0 Å². The van der Waals surface area contributed by atoms with Crippen molar-refractivity contribution in [3.05, 3.63) is 65.7 Å². The molecule has 0 bridgehead atoms. The molecular formula is C20H27ClN2O2. The minimum atomic E-state index is -0.522. The summed E-state index contributed by atoms with van der Waals surface area (Å²) in [4.78, 5) is 12.0. The number of benzene rings is 2. The molecule has 0 radical (unpaired) electrons. The van der Waals surface area contributed by atoms with Crippen molar-refractivity contribution in [3.63, 3.8) is 0 Å². The molecule has 1 atom stereocenters. The topological polar surface area (TPSA) is 64.4 Å². The summed E-state index contributed by atoms with van der Waals surface area (Å²) in [6, 6.07) is 17.2. The van der Waals surface area contributed by atoms with E-state index in [1.807, 2.05) is 75.4 Å². The molecule has 1 amide bonds. The third-order valence-electron chi connectivity index (χ3n) is 3.85. The van der Waals surface area contributed by atoms with E-state index >= 15 is 0 Å². The second-order valence-corrected chi connectivity index (χ2v) is 6.98. The molecule has 2 aromatic rings. The minimum absolute atomic E-state index is 0. The molecule has 0 spiro atoms. The Hall–Kier alpha value is -2.04. The third kappa shape index (κ3) is 6.77. The molecule has 0 fully saturated rings. The van der Waals surface area contributed by atoms with Gasteiger partial charge in [0.15, 0.2) is 0 Å². The van der Waals surface area contributed by atoms with Gasteiger partial charge >= 0.3 is 0 Å². The highest BCUT2D eigenvalue weighted by Gasteiger charge is 2.26. The highest BCUT2D eigenvalue weighted by molar-refractivity contribution is 5.85. The first kappa shape index (κ1) is 21.0. The van der Waals surface area contributed by atoms with Crippen LogP contribution in [-0.4, -0.2) is 11.9 Å². The van der Waals surface area contributed by atoms with E-state index in [2.05, 4.69) is 5.32 Å². The number of carbonyl (C=O) groups excluding carboxylic acids is 1. The number of ether oxygens (including phenoxy) is 1. The normalized spacial score (nSPS) is 12.0. The lowest BCUT2D eigenvalue weighted by atomic mass is 9.87. The van der Waals surface area contributed by atoms with Crippen LogP contribution in [0.15, 0.2) is 54.6 Å². The second-order valence-electron chi connectivity index (χ2n) is 6.98. The number of rotatable bonds is 6. The zero-order valence-electron chi connectivity index (χ0n) is 15.0. The van der Waals surface area contributed by atoms with Gasteiger partial charge in [0.1, 0.15) is 12.4 Å². The van der Waals surface area contributed by atoms with Crippen LogP contribution in [0.5, 0.6) is 5.75 Å². The van der Waals surface area contributed by atoms with Crippen LogP contribution >= 0.6 is 12.4 Å². The Labute approximate surface area is 156 Å². The highest BCUT2D eigenvalue weighted by atomic mass is 35.5. The van der Waals surface area contributed by atoms with E-state index in [0.717, 1.165) is 16.9 Å². The lowest BCUT2D eigenvalue weighted by Crippen LogP contribution is -2.48. The summed E-state index contributed by atoms with van der Waals surface area (Å²) in [5.74, 6) is 0.673. The van der Waals surface area contributed by atoms with Crippen molar-refractivity contribution < 1.29 is 9.53 Å². The molecule has 0 saturated heterocycles. The van der Waals surface area contributed by atoms with Crippen LogP contribution in [0.3, 0.4) is 0 Å². The van der Waals surface area contributed by atoms with Gasteiger partial charge in [-0.2, -0.15) is 0 Å². The average molecular weight is 363 g/mol. The minimum Gasteiger partial charge on any atom is -0.489 e. The maximum atomic E-state index is 12.0. The molecule has 25 heavy (non-hydrogen) atoms. The van der Waals surface area contributed by atoms with Gasteiger partial charge in [-0.3, -0.25) is 4.79 Å². The lowest BCUT2D eigenvalue weighted by molar-refractivity contribution is -0.124. The zero-order valence-corrected chi connectivity index (χ0v) is 15.8. The van der Waals surface area contributed by atoms with Gasteiger partial charge in [0.05, 0.1) is 6.04 Å². The van der Waals surface area contributed by atoms with Gasteiger partial charge in [-0.25, -0.2) is 0 Å². The van der Waals surface area contributed by atoms with Crippen LogP contribution < -0.4 is 15.8 Å². The molecule has 0 aliphatic rings. The Morgan fingerprint density at radius 3 is 2.20 bits per heavy atom. The maximum Gasteiger partial charge on any atom is 0.237 e. The number of amides is 1. The maximum absolute atomic E-state index is 12.0. The van der Waals surface area contributed by atoms with E-state index in [4.69, 9.17) is 10.5 Å². The predicted molar refractivity (Wildman–Crippen MR) is 104 cm³/mol. The van der Waals surface area contributed by atoms with E-state index in [-0.39, 0.29) is 23.7 Å². The zero-order chi connectivity index (χ0) is 17.6. The first-order valence-corrected chi connectivity index (χ1v) is 8.15. The molecule has 0 heterocycles. The van der Waals surface area contributed by atoms with Crippen molar-refractivity contribution in [2.24, 2.45) is 11.1 Å². The highest BCUT2D eigenvalue weighted by Crippen LogP contribution is 2.18. The van der Waals surface area contributed by atoms with Gasteiger partial charge in [0.25, 0.3) is 0 Å². The Bertz CT molecular complexity index is 652. The van der Waals surface area contributed by atoms with Crippen LogP contribution in [0.25, 0.3) is 0 Å². The number of carbonyl (C=O) groups is 1. The SMILES string of the molecule is CC(C)(C)[C@H](N)C(=O)NCc1ccc(OCc2ccccc2)cc1.Cl. The standard InChI is InChI=1S/C20H26N2O2.ClH/c1-20(2,3)18(21)19(23)22-13-15-9-11-17(12-10-15)24-14-16-7-5-4-6-8-16;/h4-12,18H,13-14,21H2,1-3H3,(H,22,23);1H/t18-;/m1./s1. The predicted octanol–water partition coefficient (Wildman–Crippen LogP) is 3.68. The molecular weight excluding hydrogens is 336 g/mol. The molecule has 0 saturated carbocycles.